The molecule has 10 heteroatoms. The van der Waals surface area contributed by atoms with Crippen LogP contribution in [0, 0.1) is 5.92 Å². The Hall–Kier alpha value is -2.91. The molecule has 30 heavy (non-hydrogen) atoms. The number of piperidine rings is 1. The van der Waals surface area contributed by atoms with Crippen molar-refractivity contribution in [3.8, 4) is 5.82 Å². The van der Waals surface area contributed by atoms with Gasteiger partial charge in [-0.3, -0.25) is 9.59 Å². The maximum Gasteiger partial charge on any atom is 0.434 e. The summed E-state index contributed by atoms with van der Waals surface area (Å²) in [7, 11) is 0. The standard InChI is InChI=1S/C20H23F3N4O3/c1-2-30-17(28)9-8-14-6-5-11-26(13-14)19(29)15-12-25-27(18(15)20(21,22)23)16-7-3-4-10-24-16/h3-4,7,10,12,14H,2,5-6,8-9,11,13H2,1H3. The van der Waals surface area contributed by atoms with Crippen LogP contribution in [0.3, 0.4) is 0 Å². The summed E-state index contributed by atoms with van der Waals surface area (Å²) in [5, 5.41) is 3.79. The Bertz CT molecular complexity index is 883. The summed E-state index contributed by atoms with van der Waals surface area (Å²) in [5.74, 6) is -1.01. The van der Waals surface area contributed by atoms with Crippen LogP contribution in [0.1, 0.15) is 48.7 Å². The molecule has 0 saturated carbocycles. The van der Waals surface area contributed by atoms with Crippen molar-refractivity contribution in [3.05, 3.63) is 41.9 Å². The average molecular weight is 424 g/mol. The van der Waals surface area contributed by atoms with Crippen molar-refractivity contribution < 1.29 is 27.5 Å². The third-order valence-corrected chi connectivity index (χ3v) is 5.00. The quantitative estimate of drug-likeness (QED) is 0.664. The van der Waals surface area contributed by atoms with E-state index in [-0.39, 0.29) is 24.1 Å². The van der Waals surface area contributed by atoms with Crippen LogP contribution in [0.4, 0.5) is 13.2 Å². The van der Waals surface area contributed by atoms with Gasteiger partial charge in [0.1, 0.15) is 0 Å². The van der Waals surface area contributed by atoms with Crippen LogP contribution in [0.25, 0.3) is 5.82 Å². The lowest BCUT2D eigenvalue weighted by Gasteiger charge is -2.32. The number of pyridine rings is 1. The molecule has 1 aliphatic rings. The molecule has 162 valence electrons. The molecule has 0 aromatic carbocycles. The summed E-state index contributed by atoms with van der Waals surface area (Å²) in [6.45, 7) is 2.68. The summed E-state index contributed by atoms with van der Waals surface area (Å²) < 4.78 is 47.0. The molecule has 3 rings (SSSR count). The minimum atomic E-state index is -4.78. The van der Waals surface area contributed by atoms with Gasteiger partial charge < -0.3 is 9.64 Å². The van der Waals surface area contributed by atoms with E-state index in [4.69, 9.17) is 4.74 Å². The molecule has 0 radical (unpaired) electrons. The number of ether oxygens (including phenoxy) is 1. The Morgan fingerprint density at radius 2 is 2.10 bits per heavy atom. The molecule has 1 fully saturated rings. The van der Waals surface area contributed by atoms with E-state index < -0.39 is 23.3 Å². The van der Waals surface area contributed by atoms with Crippen molar-refractivity contribution in [1.82, 2.24) is 19.7 Å². The highest BCUT2D eigenvalue weighted by Crippen LogP contribution is 2.34. The highest BCUT2D eigenvalue weighted by atomic mass is 19.4. The number of halogens is 3. The van der Waals surface area contributed by atoms with Gasteiger partial charge in [-0.1, -0.05) is 6.07 Å². The number of aromatic nitrogens is 3. The predicted molar refractivity (Wildman–Crippen MR) is 101 cm³/mol. The van der Waals surface area contributed by atoms with E-state index in [0.717, 1.165) is 12.6 Å². The summed E-state index contributed by atoms with van der Waals surface area (Å²) in [6, 6.07) is 4.52. The second-order valence-corrected chi connectivity index (χ2v) is 7.11. The second-order valence-electron chi connectivity index (χ2n) is 7.11. The van der Waals surface area contributed by atoms with Gasteiger partial charge in [0, 0.05) is 25.7 Å². The SMILES string of the molecule is CCOC(=O)CCC1CCCN(C(=O)c2cnn(-c3ccccn3)c2C(F)(F)F)C1. The highest BCUT2D eigenvalue weighted by Gasteiger charge is 2.42. The zero-order chi connectivity index (χ0) is 21.7. The van der Waals surface area contributed by atoms with Gasteiger partial charge in [-0.25, -0.2) is 9.67 Å². The number of rotatable bonds is 6. The first-order chi connectivity index (χ1) is 14.3. The smallest absolute Gasteiger partial charge is 0.434 e. The molecule has 7 nitrogen and oxygen atoms in total. The first-order valence-electron chi connectivity index (χ1n) is 9.82. The van der Waals surface area contributed by atoms with E-state index in [1.807, 2.05) is 0 Å². The number of likely N-dealkylation sites (tertiary alicyclic amines) is 1. The molecular formula is C20H23F3N4O3. The van der Waals surface area contributed by atoms with Crippen molar-refractivity contribution in [2.45, 2.75) is 38.8 Å². The van der Waals surface area contributed by atoms with E-state index in [1.54, 1.807) is 19.1 Å². The van der Waals surface area contributed by atoms with E-state index in [1.165, 1.54) is 17.2 Å². The fourth-order valence-electron chi connectivity index (χ4n) is 3.64. The molecule has 1 aliphatic heterocycles. The van der Waals surface area contributed by atoms with E-state index >= 15 is 0 Å². The zero-order valence-corrected chi connectivity index (χ0v) is 16.6. The van der Waals surface area contributed by atoms with E-state index in [9.17, 15) is 22.8 Å². The molecule has 3 heterocycles. The Labute approximate surface area is 171 Å². The number of hydrogen-bond acceptors (Lipinski definition) is 5. The molecule has 2 aromatic rings. The summed E-state index contributed by atoms with van der Waals surface area (Å²) in [6.07, 6.45) is -0.247. The largest absolute Gasteiger partial charge is 0.466 e. The normalized spacial score (nSPS) is 17.1. The fourth-order valence-corrected chi connectivity index (χ4v) is 3.64. The van der Waals surface area contributed by atoms with Gasteiger partial charge >= 0.3 is 12.1 Å². The minimum Gasteiger partial charge on any atom is -0.466 e. The predicted octanol–water partition coefficient (Wildman–Crippen LogP) is 3.48. The number of amides is 1. The minimum absolute atomic E-state index is 0.0187. The molecule has 0 N–H and O–H groups in total. The van der Waals surface area contributed by atoms with Gasteiger partial charge in [0.15, 0.2) is 11.5 Å². The van der Waals surface area contributed by atoms with E-state index in [2.05, 4.69) is 10.1 Å². The number of esters is 1. The Morgan fingerprint density at radius 1 is 1.30 bits per heavy atom. The topological polar surface area (TPSA) is 77.3 Å². The number of carbonyl (C=O) groups excluding carboxylic acids is 2. The molecule has 0 aliphatic carbocycles. The molecule has 0 spiro atoms. The van der Waals surface area contributed by atoms with Crippen LogP contribution >= 0.6 is 0 Å². The van der Waals surface area contributed by atoms with Gasteiger partial charge in [-0.15, -0.1) is 0 Å². The van der Waals surface area contributed by atoms with Crippen LogP contribution in [-0.2, 0) is 15.7 Å². The van der Waals surface area contributed by atoms with Crippen LogP contribution in [-0.4, -0.2) is 51.2 Å². The van der Waals surface area contributed by atoms with Crippen LogP contribution < -0.4 is 0 Å². The number of alkyl halides is 3. The molecule has 1 amide bonds. The van der Waals surface area contributed by atoms with Crippen molar-refractivity contribution in [1.29, 1.82) is 0 Å². The maximum atomic E-state index is 13.8. The summed E-state index contributed by atoms with van der Waals surface area (Å²) in [5.41, 5.74) is -1.64. The molecule has 0 bridgehead atoms. The van der Waals surface area contributed by atoms with Crippen LogP contribution in [0.15, 0.2) is 30.6 Å². The molecule has 1 unspecified atom stereocenters. The van der Waals surface area contributed by atoms with E-state index in [0.29, 0.717) is 37.2 Å². The van der Waals surface area contributed by atoms with Gasteiger partial charge in [0.05, 0.1) is 18.4 Å². The van der Waals surface area contributed by atoms with Gasteiger partial charge in [0.25, 0.3) is 5.91 Å². The van der Waals surface area contributed by atoms with Crippen LogP contribution in [0.2, 0.25) is 0 Å². The fraction of sp³-hybridized carbons (Fsp3) is 0.500. The lowest BCUT2D eigenvalue weighted by molar-refractivity contribution is -0.144. The highest BCUT2D eigenvalue weighted by molar-refractivity contribution is 5.95. The Morgan fingerprint density at radius 3 is 2.77 bits per heavy atom. The number of hydrogen-bond donors (Lipinski definition) is 0. The van der Waals surface area contributed by atoms with Gasteiger partial charge in [-0.2, -0.15) is 18.3 Å². The monoisotopic (exact) mass is 424 g/mol. The number of carbonyl (C=O) groups is 2. The van der Waals surface area contributed by atoms with Crippen molar-refractivity contribution in [2.24, 2.45) is 5.92 Å². The van der Waals surface area contributed by atoms with Gasteiger partial charge in [-0.05, 0) is 44.2 Å². The summed E-state index contributed by atoms with van der Waals surface area (Å²) in [4.78, 5) is 29.8. The first kappa shape index (κ1) is 21.8. The molecule has 1 atom stereocenters. The van der Waals surface area contributed by atoms with Gasteiger partial charge in [0.2, 0.25) is 0 Å². The third-order valence-electron chi connectivity index (χ3n) is 5.00. The van der Waals surface area contributed by atoms with Crippen molar-refractivity contribution >= 4 is 11.9 Å². The number of nitrogens with zero attached hydrogens (tertiary/aromatic N) is 4. The third kappa shape index (κ3) is 4.98. The zero-order valence-electron chi connectivity index (χ0n) is 16.6. The molecule has 1 saturated heterocycles. The average Bonchev–Trinajstić information content (AvgIpc) is 3.19. The Kier molecular flexibility index (Phi) is 6.73. The van der Waals surface area contributed by atoms with Crippen molar-refractivity contribution in [3.63, 3.8) is 0 Å². The lowest BCUT2D eigenvalue weighted by atomic mass is 9.93. The van der Waals surface area contributed by atoms with Crippen LogP contribution in [0.5, 0.6) is 0 Å². The summed E-state index contributed by atoms with van der Waals surface area (Å²) >= 11 is 0. The lowest BCUT2D eigenvalue weighted by Crippen LogP contribution is -2.40. The maximum absolute atomic E-state index is 13.8. The molecular weight excluding hydrogens is 401 g/mol. The first-order valence-corrected chi connectivity index (χ1v) is 9.82. The van der Waals surface area contributed by atoms with Crippen molar-refractivity contribution in [2.75, 3.05) is 19.7 Å². The Balaban J connectivity index is 1.79. The second kappa shape index (κ2) is 9.27. The molecule has 2 aromatic heterocycles.